The standard InChI is InChI=1S/C8H16N2O2S/c1-9-8(11)6-3-13-4-7(6)10-5-12-2/h6-7,10H,3-5H2,1-2H3,(H,9,11)/t6-,7+/m0/s1. The zero-order valence-electron chi connectivity index (χ0n) is 8.00. The monoisotopic (exact) mass is 204 g/mol. The van der Waals surface area contributed by atoms with Crippen LogP contribution in [0.3, 0.4) is 0 Å². The van der Waals surface area contributed by atoms with Crippen molar-refractivity contribution in [3.8, 4) is 0 Å². The van der Waals surface area contributed by atoms with Gasteiger partial charge < -0.3 is 10.1 Å². The zero-order chi connectivity index (χ0) is 9.68. The molecule has 1 saturated heterocycles. The van der Waals surface area contributed by atoms with Crippen LogP contribution >= 0.6 is 11.8 Å². The van der Waals surface area contributed by atoms with Gasteiger partial charge in [0.25, 0.3) is 0 Å². The molecular weight excluding hydrogens is 188 g/mol. The highest BCUT2D eigenvalue weighted by molar-refractivity contribution is 7.99. The van der Waals surface area contributed by atoms with Crippen LogP contribution in [0.1, 0.15) is 0 Å². The molecule has 4 nitrogen and oxygen atoms in total. The van der Waals surface area contributed by atoms with E-state index in [4.69, 9.17) is 4.74 Å². The van der Waals surface area contributed by atoms with Crippen LogP contribution in [0.4, 0.5) is 0 Å². The van der Waals surface area contributed by atoms with Gasteiger partial charge in [-0.2, -0.15) is 11.8 Å². The van der Waals surface area contributed by atoms with E-state index < -0.39 is 0 Å². The highest BCUT2D eigenvalue weighted by Gasteiger charge is 2.32. The number of rotatable bonds is 4. The molecule has 0 aromatic heterocycles. The maximum absolute atomic E-state index is 11.4. The lowest BCUT2D eigenvalue weighted by Gasteiger charge is -2.17. The van der Waals surface area contributed by atoms with Gasteiger partial charge in [-0.15, -0.1) is 0 Å². The molecule has 2 atom stereocenters. The maximum Gasteiger partial charge on any atom is 0.225 e. The minimum absolute atomic E-state index is 0.0881. The predicted molar refractivity (Wildman–Crippen MR) is 53.7 cm³/mol. The quantitative estimate of drug-likeness (QED) is 0.615. The van der Waals surface area contributed by atoms with Crippen LogP contribution in [-0.4, -0.2) is 44.3 Å². The largest absolute Gasteiger partial charge is 0.370 e. The zero-order valence-corrected chi connectivity index (χ0v) is 8.82. The first-order valence-electron chi connectivity index (χ1n) is 4.31. The average molecular weight is 204 g/mol. The fraction of sp³-hybridized carbons (Fsp3) is 0.875. The van der Waals surface area contributed by atoms with Crippen LogP contribution in [0.15, 0.2) is 0 Å². The molecule has 13 heavy (non-hydrogen) atoms. The van der Waals surface area contributed by atoms with Crippen LogP contribution in [0.25, 0.3) is 0 Å². The second kappa shape index (κ2) is 5.47. The summed E-state index contributed by atoms with van der Waals surface area (Å²) in [7, 11) is 3.32. The molecule has 0 bridgehead atoms. The second-order valence-electron chi connectivity index (χ2n) is 3.00. The van der Waals surface area contributed by atoms with Crippen LogP contribution in [0.5, 0.6) is 0 Å². The Morgan fingerprint density at radius 3 is 3.00 bits per heavy atom. The first-order chi connectivity index (χ1) is 6.29. The number of carbonyl (C=O) groups excluding carboxylic acids is 1. The Hall–Kier alpha value is -0.260. The minimum Gasteiger partial charge on any atom is -0.370 e. The van der Waals surface area contributed by atoms with Gasteiger partial charge in [0.2, 0.25) is 5.91 Å². The summed E-state index contributed by atoms with van der Waals surface area (Å²) in [6.45, 7) is 0.513. The number of ether oxygens (including phenoxy) is 1. The maximum atomic E-state index is 11.4. The molecule has 0 aromatic carbocycles. The van der Waals surface area contributed by atoms with Gasteiger partial charge in [0.1, 0.15) is 0 Å². The van der Waals surface area contributed by atoms with Gasteiger partial charge in [-0.05, 0) is 0 Å². The molecule has 1 amide bonds. The molecule has 0 aromatic rings. The molecule has 0 saturated carbocycles. The van der Waals surface area contributed by atoms with E-state index >= 15 is 0 Å². The molecule has 1 rings (SSSR count). The Morgan fingerprint density at radius 2 is 2.38 bits per heavy atom. The van der Waals surface area contributed by atoms with Gasteiger partial charge in [-0.1, -0.05) is 0 Å². The Bertz CT molecular complexity index is 178. The summed E-state index contributed by atoms with van der Waals surface area (Å²) in [5.74, 6) is 2.10. The fourth-order valence-corrected chi connectivity index (χ4v) is 2.77. The van der Waals surface area contributed by atoms with E-state index in [1.54, 1.807) is 25.9 Å². The van der Waals surface area contributed by atoms with Crippen molar-refractivity contribution in [3.05, 3.63) is 0 Å². The Morgan fingerprint density at radius 1 is 1.62 bits per heavy atom. The van der Waals surface area contributed by atoms with Crippen molar-refractivity contribution < 1.29 is 9.53 Å². The highest BCUT2D eigenvalue weighted by atomic mass is 32.2. The van der Waals surface area contributed by atoms with E-state index in [-0.39, 0.29) is 17.9 Å². The minimum atomic E-state index is 0.0881. The number of hydrogen-bond donors (Lipinski definition) is 2. The van der Waals surface area contributed by atoms with Crippen molar-refractivity contribution in [2.24, 2.45) is 5.92 Å². The number of methoxy groups -OCH3 is 1. The third-order valence-corrected chi connectivity index (χ3v) is 3.34. The molecule has 1 fully saturated rings. The Balaban J connectivity index is 2.39. The van der Waals surface area contributed by atoms with Crippen LogP contribution in [0, 0.1) is 5.92 Å². The molecule has 0 radical (unpaired) electrons. The van der Waals surface area contributed by atoms with Crippen molar-refractivity contribution in [1.82, 2.24) is 10.6 Å². The van der Waals surface area contributed by atoms with Gasteiger partial charge in [0.15, 0.2) is 0 Å². The summed E-state index contributed by atoms with van der Waals surface area (Å²) >= 11 is 1.81. The van der Waals surface area contributed by atoms with Crippen molar-refractivity contribution in [2.45, 2.75) is 6.04 Å². The van der Waals surface area contributed by atoms with E-state index in [0.29, 0.717) is 6.73 Å². The molecule has 5 heteroatoms. The summed E-state index contributed by atoms with van der Waals surface area (Å²) in [4.78, 5) is 11.4. The van der Waals surface area contributed by atoms with Crippen LogP contribution in [-0.2, 0) is 9.53 Å². The van der Waals surface area contributed by atoms with E-state index in [0.717, 1.165) is 11.5 Å². The number of nitrogens with one attached hydrogen (secondary N) is 2. The SMILES string of the molecule is CNC(=O)[C@H]1CSC[C@H]1NCOC. The lowest BCUT2D eigenvalue weighted by Crippen LogP contribution is -2.43. The van der Waals surface area contributed by atoms with Crippen molar-refractivity contribution in [1.29, 1.82) is 0 Å². The first-order valence-corrected chi connectivity index (χ1v) is 5.46. The lowest BCUT2D eigenvalue weighted by molar-refractivity contribution is -0.124. The van der Waals surface area contributed by atoms with E-state index in [2.05, 4.69) is 10.6 Å². The van der Waals surface area contributed by atoms with Gasteiger partial charge in [0, 0.05) is 31.7 Å². The summed E-state index contributed by atoms with van der Waals surface area (Å²) in [6, 6.07) is 0.255. The van der Waals surface area contributed by atoms with Crippen molar-refractivity contribution in [2.75, 3.05) is 32.4 Å². The molecule has 1 aliphatic heterocycles. The van der Waals surface area contributed by atoms with Gasteiger partial charge >= 0.3 is 0 Å². The molecular formula is C8H16N2O2S. The Kier molecular flexibility index (Phi) is 4.55. The summed E-state index contributed by atoms with van der Waals surface area (Å²) < 4.78 is 4.91. The second-order valence-corrected chi connectivity index (χ2v) is 4.08. The third-order valence-electron chi connectivity index (χ3n) is 2.15. The topological polar surface area (TPSA) is 50.4 Å². The average Bonchev–Trinajstić information content (AvgIpc) is 2.61. The molecule has 0 unspecified atom stereocenters. The van der Waals surface area contributed by atoms with Gasteiger partial charge in [-0.3, -0.25) is 10.1 Å². The fourth-order valence-electron chi connectivity index (χ4n) is 1.39. The highest BCUT2D eigenvalue weighted by Crippen LogP contribution is 2.24. The van der Waals surface area contributed by atoms with E-state index in [9.17, 15) is 4.79 Å². The smallest absolute Gasteiger partial charge is 0.225 e. The molecule has 2 N–H and O–H groups in total. The molecule has 1 heterocycles. The predicted octanol–water partition coefficient (Wildman–Crippen LogP) is -0.343. The first kappa shape index (κ1) is 10.8. The third kappa shape index (κ3) is 2.86. The van der Waals surface area contributed by atoms with Gasteiger partial charge in [-0.25, -0.2) is 0 Å². The number of hydrogen-bond acceptors (Lipinski definition) is 4. The van der Waals surface area contributed by atoms with Crippen LogP contribution < -0.4 is 10.6 Å². The van der Waals surface area contributed by atoms with E-state index in [1.165, 1.54) is 0 Å². The summed E-state index contributed by atoms with van der Waals surface area (Å²) in [6.07, 6.45) is 0. The number of carbonyl (C=O) groups is 1. The van der Waals surface area contributed by atoms with E-state index in [1.807, 2.05) is 0 Å². The number of amides is 1. The molecule has 0 aliphatic carbocycles. The number of thioether (sulfide) groups is 1. The molecule has 0 spiro atoms. The lowest BCUT2D eigenvalue weighted by atomic mass is 10.0. The summed E-state index contributed by atoms with van der Waals surface area (Å²) in [5.41, 5.74) is 0. The van der Waals surface area contributed by atoms with Crippen LogP contribution in [0.2, 0.25) is 0 Å². The summed E-state index contributed by atoms with van der Waals surface area (Å²) in [5, 5.41) is 5.87. The normalized spacial score (nSPS) is 27.5. The van der Waals surface area contributed by atoms with Gasteiger partial charge in [0.05, 0.1) is 12.6 Å². The van der Waals surface area contributed by atoms with Crippen molar-refractivity contribution >= 4 is 17.7 Å². The molecule has 1 aliphatic rings. The Labute approximate surface area is 82.8 Å². The van der Waals surface area contributed by atoms with Crippen molar-refractivity contribution in [3.63, 3.8) is 0 Å². The molecule has 76 valence electrons.